The molecule has 0 saturated carbocycles. The summed E-state index contributed by atoms with van der Waals surface area (Å²) in [4.78, 5) is 19.0. The molecule has 4 aromatic rings. The second-order valence-corrected chi connectivity index (χ2v) is 10.3. The van der Waals surface area contributed by atoms with Gasteiger partial charge in [0.15, 0.2) is 11.6 Å². The fourth-order valence-electron chi connectivity index (χ4n) is 5.26. The van der Waals surface area contributed by atoms with Crippen LogP contribution in [0.2, 0.25) is 0 Å². The van der Waals surface area contributed by atoms with Gasteiger partial charge in [0.05, 0.1) is 11.7 Å². The Labute approximate surface area is 224 Å². The van der Waals surface area contributed by atoms with Gasteiger partial charge in [0.1, 0.15) is 34.6 Å². The van der Waals surface area contributed by atoms with Gasteiger partial charge in [-0.05, 0) is 58.4 Å². The van der Waals surface area contributed by atoms with Crippen LogP contribution in [-0.4, -0.2) is 59.8 Å². The minimum Gasteiger partial charge on any atom is -0.385 e. The Bertz CT molecular complexity index is 1480. The smallest absolute Gasteiger partial charge is 0.229 e. The number of aliphatic hydroxyl groups is 1. The number of aliphatic hydroxyl groups excluding tert-OH is 1. The Morgan fingerprint density at radius 2 is 1.79 bits per heavy atom. The molecule has 39 heavy (non-hydrogen) atoms. The van der Waals surface area contributed by atoms with Crippen molar-refractivity contribution in [2.24, 2.45) is 0 Å². The van der Waals surface area contributed by atoms with Gasteiger partial charge < -0.3 is 19.9 Å². The van der Waals surface area contributed by atoms with Gasteiger partial charge in [-0.1, -0.05) is 13.0 Å². The predicted molar refractivity (Wildman–Crippen MR) is 143 cm³/mol. The van der Waals surface area contributed by atoms with E-state index >= 15 is 4.39 Å². The van der Waals surface area contributed by atoms with Crippen molar-refractivity contribution in [3.05, 3.63) is 59.7 Å². The number of nitrogens with zero attached hydrogens (tertiary/aromatic N) is 6. The van der Waals surface area contributed by atoms with Crippen LogP contribution in [0.3, 0.4) is 0 Å². The Morgan fingerprint density at radius 1 is 1.05 bits per heavy atom. The summed E-state index contributed by atoms with van der Waals surface area (Å²) in [7, 11) is 0. The summed E-state index contributed by atoms with van der Waals surface area (Å²) in [5, 5.41) is 13.6. The first-order valence-electron chi connectivity index (χ1n) is 13.1. The first-order chi connectivity index (χ1) is 18.6. The number of hydrogen-bond acceptors (Lipinski definition) is 7. The van der Waals surface area contributed by atoms with Crippen molar-refractivity contribution in [3.8, 4) is 11.3 Å². The van der Waals surface area contributed by atoms with Crippen LogP contribution in [0, 0.1) is 18.6 Å². The van der Waals surface area contributed by atoms with E-state index in [1.807, 2.05) is 25.3 Å². The summed E-state index contributed by atoms with van der Waals surface area (Å²) in [6, 6.07) is 6.07. The number of alkyl halides is 1. The van der Waals surface area contributed by atoms with E-state index in [2.05, 4.69) is 30.2 Å². The monoisotopic (exact) mass is 539 g/mol. The topological polar surface area (TPSA) is 92.0 Å². The molecule has 4 heterocycles. The zero-order valence-corrected chi connectivity index (χ0v) is 22.4. The van der Waals surface area contributed by atoms with Crippen molar-refractivity contribution in [3.63, 3.8) is 0 Å². The molecule has 0 spiro atoms. The molecule has 5 rings (SSSR count). The van der Waals surface area contributed by atoms with Gasteiger partial charge in [-0.3, -0.25) is 0 Å². The zero-order valence-electron chi connectivity index (χ0n) is 22.4. The molecule has 1 aliphatic heterocycles. The van der Waals surface area contributed by atoms with Gasteiger partial charge >= 0.3 is 0 Å². The number of aromatic nitrogens is 5. The van der Waals surface area contributed by atoms with E-state index in [-0.39, 0.29) is 41.6 Å². The number of piperidine rings is 1. The lowest BCUT2D eigenvalue weighted by Crippen LogP contribution is -2.45. The number of halogens is 3. The minimum atomic E-state index is -1.71. The maximum absolute atomic E-state index is 15.4. The van der Waals surface area contributed by atoms with Crippen molar-refractivity contribution < 1.29 is 18.3 Å². The van der Waals surface area contributed by atoms with Crippen molar-refractivity contribution in [2.75, 3.05) is 25.0 Å². The Balaban J connectivity index is 1.38. The molecule has 0 aliphatic carbocycles. The lowest BCUT2D eigenvalue weighted by atomic mass is 9.85. The van der Waals surface area contributed by atoms with E-state index < -0.39 is 23.4 Å². The summed E-state index contributed by atoms with van der Waals surface area (Å²) in [5.41, 5.74) is -0.403. The third-order valence-electron chi connectivity index (χ3n) is 7.43. The first-order valence-corrected chi connectivity index (χ1v) is 13.1. The number of anilines is 2. The van der Waals surface area contributed by atoms with Crippen LogP contribution in [0.5, 0.6) is 0 Å². The first kappa shape index (κ1) is 27.0. The molecular formula is C28H32F3N7O. The second kappa shape index (κ2) is 10.5. The number of nitrogens with one attached hydrogen (secondary N) is 1. The molecule has 1 aliphatic rings. The van der Waals surface area contributed by atoms with Crippen LogP contribution in [0.25, 0.3) is 22.3 Å². The van der Waals surface area contributed by atoms with E-state index in [1.54, 1.807) is 25.1 Å². The maximum atomic E-state index is 15.4. The molecule has 206 valence electrons. The number of fused-ring (bicyclic) bond motifs is 1. The van der Waals surface area contributed by atoms with E-state index in [9.17, 15) is 13.9 Å². The number of rotatable bonds is 7. The highest BCUT2D eigenvalue weighted by molar-refractivity contribution is 5.83. The van der Waals surface area contributed by atoms with E-state index in [0.717, 1.165) is 12.7 Å². The Morgan fingerprint density at radius 3 is 2.44 bits per heavy atom. The highest BCUT2D eigenvalue weighted by Gasteiger charge is 2.41. The quantitative estimate of drug-likeness (QED) is 0.313. The summed E-state index contributed by atoms with van der Waals surface area (Å²) >= 11 is 0. The third kappa shape index (κ3) is 5.20. The van der Waals surface area contributed by atoms with E-state index in [4.69, 9.17) is 0 Å². The number of pyridine rings is 1. The highest BCUT2D eigenvalue weighted by atomic mass is 19.1. The van der Waals surface area contributed by atoms with Gasteiger partial charge in [0.2, 0.25) is 5.95 Å². The summed E-state index contributed by atoms with van der Waals surface area (Å²) in [5.74, 6) is -0.242. The normalized spacial score (nSPS) is 16.6. The molecule has 8 nitrogen and oxygen atoms in total. The van der Waals surface area contributed by atoms with Gasteiger partial charge in [-0.25, -0.2) is 33.1 Å². The average molecular weight is 540 g/mol. The fourth-order valence-corrected chi connectivity index (χ4v) is 5.26. The van der Waals surface area contributed by atoms with Crippen LogP contribution in [0.1, 0.15) is 57.1 Å². The van der Waals surface area contributed by atoms with E-state index in [1.165, 1.54) is 12.3 Å². The molecule has 0 radical (unpaired) electrons. The lowest BCUT2D eigenvalue weighted by Gasteiger charge is -2.38. The van der Waals surface area contributed by atoms with Gasteiger partial charge in [0, 0.05) is 36.5 Å². The molecule has 1 aromatic carbocycles. The van der Waals surface area contributed by atoms with Gasteiger partial charge in [0.25, 0.3) is 0 Å². The number of likely N-dealkylation sites (tertiary alicyclic amines) is 1. The zero-order chi connectivity index (χ0) is 27.9. The molecule has 1 saturated heterocycles. The SMILES string of the molecule is CCN1CCC(F)([C@@H](O)c2ccc(Nc3ncc(F)c(-c4cc(F)c5nc(C)n(C(C)C)c5c4)n3)nc2)CC1. The highest BCUT2D eigenvalue weighted by Crippen LogP contribution is 2.38. The van der Waals surface area contributed by atoms with Crippen molar-refractivity contribution in [1.82, 2.24) is 29.4 Å². The predicted octanol–water partition coefficient (Wildman–Crippen LogP) is 5.66. The lowest BCUT2D eigenvalue weighted by molar-refractivity contribution is -0.0517. The van der Waals surface area contributed by atoms with Crippen LogP contribution in [0.4, 0.5) is 24.9 Å². The summed E-state index contributed by atoms with van der Waals surface area (Å²) in [6.07, 6.45) is 1.62. The molecule has 3 aromatic heterocycles. The second-order valence-electron chi connectivity index (χ2n) is 10.3. The van der Waals surface area contributed by atoms with Crippen molar-refractivity contribution in [2.45, 2.75) is 58.4 Å². The average Bonchev–Trinajstić information content (AvgIpc) is 3.27. The number of benzene rings is 1. The molecule has 2 N–H and O–H groups in total. The Hall–Kier alpha value is -3.57. The number of hydrogen-bond donors (Lipinski definition) is 2. The van der Waals surface area contributed by atoms with Crippen LogP contribution < -0.4 is 5.32 Å². The van der Waals surface area contributed by atoms with Crippen LogP contribution in [0.15, 0.2) is 36.7 Å². The summed E-state index contributed by atoms with van der Waals surface area (Å²) in [6.45, 7) is 9.80. The van der Waals surface area contributed by atoms with E-state index in [0.29, 0.717) is 35.8 Å². The Kier molecular flexibility index (Phi) is 7.30. The molecule has 0 unspecified atom stereocenters. The summed E-state index contributed by atoms with van der Waals surface area (Å²) < 4.78 is 47.1. The molecule has 11 heteroatoms. The van der Waals surface area contributed by atoms with Crippen molar-refractivity contribution >= 4 is 22.8 Å². The standard InChI is InChI=1S/C28H32F3N7O/c1-5-37-10-8-28(31,9-11-37)26(39)18-6-7-23(32-14-18)35-27-33-15-21(30)24(36-27)19-12-20(29)25-22(13-19)38(16(2)3)17(4)34-25/h6-7,12-16,26,39H,5,8-11H2,1-4H3,(H,32,33,35,36)/t26-/m0/s1. The van der Waals surface area contributed by atoms with Crippen molar-refractivity contribution in [1.29, 1.82) is 0 Å². The molecule has 1 atom stereocenters. The number of imidazole rings is 1. The number of aryl methyl sites for hydroxylation is 1. The minimum absolute atomic E-state index is 0.0288. The maximum Gasteiger partial charge on any atom is 0.229 e. The van der Waals surface area contributed by atoms with Gasteiger partial charge in [-0.15, -0.1) is 0 Å². The largest absolute Gasteiger partial charge is 0.385 e. The molecule has 0 amide bonds. The fraction of sp³-hybridized carbons (Fsp3) is 0.429. The van der Waals surface area contributed by atoms with Gasteiger partial charge in [-0.2, -0.15) is 0 Å². The van der Waals surface area contributed by atoms with Crippen LogP contribution >= 0.6 is 0 Å². The molecular weight excluding hydrogens is 507 g/mol. The third-order valence-corrected chi connectivity index (χ3v) is 7.43. The molecule has 1 fully saturated rings. The van der Waals surface area contributed by atoms with Crippen LogP contribution in [-0.2, 0) is 0 Å². The molecule has 0 bridgehead atoms.